The Morgan fingerprint density at radius 3 is 2.77 bits per heavy atom. The third kappa shape index (κ3) is 4.26. The second kappa shape index (κ2) is 8.09. The first-order chi connectivity index (χ1) is 12.6. The Balaban J connectivity index is 1.64. The van der Waals surface area contributed by atoms with Crippen molar-refractivity contribution in [3.63, 3.8) is 0 Å². The summed E-state index contributed by atoms with van der Waals surface area (Å²) < 4.78 is 23.8. The van der Waals surface area contributed by atoms with E-state index in [4.69, 9.17) is 9.26 Å². The van der Waals surface area contributed by atoms with E-state index in [1.54, 1.807) is 11.8 Å². The van der Waals surface area contributed by atoms with Crippen molar-refractivity contribution in [2.75, 3.05) is 6.54 Å². The second-order valence-electron chi connectivity index (χ2n) is 5.56. The summed E-state index contributed by atoms with van der Waals surface area (Å²) in [4.78, 5) is 19.4. The monoisotopic (exact) mass is 375 g/mol. The van der Waals surface area contributed by atoms with Gasteiger partial charge in [0.25, 0.3) is 5.91 Å². The zero-order valence-electron chi connectivity index (χ0n) is 14.4. The Bertz CT molecular complexity index is 849. The summed E-state index contributed by atoms with van der Waals surface area (Å²) in [5, 5.41) is 5.88. The van der Waals surface area contributed by atoms with Crippen LogP contribution in [0.5, 0.6) is 5.75 Å². The van der Waals surface area contributed by atoms with E-state index in [2.05, 4.69) is 10.1 Å². The van der Waals surface area contributed by atoms with E-state index in [-0.39, 0.29) is 18.3 Å². The lowest BCUT2D eigenvalue weighted by Crippen LogP contribution is -2.40. The van der Waals surface area contributed by atoms with Gasteiger partial charge in [0.15, 0.2) is 6.10 Å². The smallest absolute Gasteiger partial charge is 0.263 e. The molecule has 136 valence electrons. The van der Waals surface area contributed by atoms with Crippen molar-refractivity contribution in [3.05, 3.63) is 53.5 Å². The molecule has 3 aromatic rings. The number of carbonyl (C=O) groups is 1. The lowest BCUT2D eigenvalue weighted by molar-refractivity contribution is -0.138. The Hall–Kier alpha value is -2.74. The average molecular weight is 375 g/mol. The molecule has 1 amide bonds. The van der Waals surface area contributed by atoms with Crippen molar-refractivity contribution in [2.45, 2.75) is 26.5 Å². The number of halogens is 1. The van der Waals surface area contributed by atoms with Crippen LogP contribution in [0.4, 0.5) is 4.39 Å². The van der Waals surface area contributed by atoms with Crippen LogP contribution in [0, 0.1) is 5.82 Å². The molecule has 2 heterocycles. The van der Waals surface area contributed by atoms with Gasteiger partial charge in [-0.15, -0.1) is 11.3 Å². The Kier molecular flexibility index (Phi) is 5.62. The van der Waals surface area contributed by atoms with Crippen molar-refractivity contribution in [1.82, 2.24) is 15.0 Å². The summed E-state index contributed by atoms with van der Waals surface area (Å²) in [6.07, 6.45) is -0.722. The van der Waals surface area contributed by atoms with Crippen LogP contribution in [-0.2, 0) is 11.3 Å². The Labute approximate surface area is 154 Å². The molecule has 0 saturated heterocycles. The van der Waals surface area contributed by atoms with Gasteiger partial charge < -0.3 is 14.2 Å². The van der Waals surface area contributed by atoms with Crippen LogP contribution >= 0.6 is 11.3 Å². The average Bonchev–Trinajstić information content (AvgIpc) is 3.32. The van der Waals surface area contributed by atoms with E-state index < -0.39 is 6.10 Å². The molecular weight excluding hydrogens is 357 g/mol. The first-order valence-corrected chi connectivity index (χ1v) is 9.02. The molecule has 0 aliphatic rings. The zero-order chi connectivity index (χ0) is 18.5. The van der Waals surface area contributed by atoms with Gasteiger partial charge in [0, 0.05) is 6.54 Å². The van der Waals surface area contributed by atoms with E-state index in [9.17, 15) is 9.18 Å². The van der Waals surface area contributed by atoms with Crippen molar-refractivity contribution < 1.29 is 18.4 Å². The topological polar surface area (TPSA) is 68.5 Å². The molecule has 1 aromatic carbocycles. The lowest BCUT2D eigenvalue weighted by Gasteiger charge is -2.23. The maximum atomic E-state index is 13.0. The van der Waals surface area contributed by atoms with Crippen molar-refractivity contribution >= 4 is 17.2 Å². The molecule has 2 aromatic heterocycles. The van der Waals surface area contributed by atoms with Gasteiger partial charge in [-0.25, -0.2) is 4.39 Å². The standard InChI is InChI=1S/C18H18FN3O3S/c1-3-22(11-16-20-17(21-25-16)15-5-4-10-26-15)18(23)12(2)24-14-8-6-13(19)7-9-14/h4-10,12H,3,11H2,1-2H3/t12-/m0/s1. The quantitative estimate of drug-likeness (QED) is 0.629. The number of nitrogens with zero attached hydrogens (tertiary/aromatic N) is 3. The Morgan fingerprint density at radius 2 is 2.12 bits per heavy atom. The van der Waals surface area contributed by atoms with E-state index in [0.717, 1.165) is 4.88 Å². The normalized spacial score (nSPS) is 12.0. The third-order valence-corrected chi connectivity index (χ3v) is 4.57. The maximum Gasteiger partial charge on any atom is 0.263 e. The fourth-order valence-corrected chi connectivity index (χ4v) is 3.01. The van der Waals surface area contributed by atoms with Gasteiger partial charge >= 0.3 is 0 Å². The van der Waals surface area contributed by atoms with Crippen LogP contribution in [0.1, 0.15) is 19.7 Å². The van der Waals surface area contributed by atoms with E-state index in [0.29, 0.717) is 24.0 Å². The van der Waals surface area contributed by atoms with E-state index in [1.807, 2.05) is 24.4 Å². The molecule has 0 aliphatic carbocycles. The fraction of sp³-hybridized carbons (Fsp3) is 0.278. The lowest BCUT2D eigenvalue weighted by atomic mass is 10.3. The van der Waals surface area contributed by atoms with Crippen LogP contribution in [-0.4, -0.2) is 33.6 Å². The van der Waals surface area contributed by atoms with Gasteiger partial charge in [0.1, 0.15) is 18.1 Å². The van der Waals surface area contributed by atoms with E-state index in [1.165, 1.54) is 35.6 Å². The summed E-state index contributed by atoms with van der Waals surface area (Å²) in [7, 11) is 0. The number of rotatable bonds is 7. The van der Waals surface area contributed by atoms with Gasteiger partial charge in [-0.1, -0.05) is 11.2 Å². The summed E-state index contributed by atoms with van der Waals surface area (Å²) in [6.45, 7) is 4.18. The molecule has 1 atom stereocenters. The van der Waals surface area contributed by atoms with Crippen LogP contribution < -0.4 is 4.74 Å². The minimum atomic E-state index is -0.722. The predicted octanol–water partition coefficient (Wildman–Crippen LogP) is 3.75. The largest absolute Gasteiger partial charge is 0.481 e. The number of ether oxygens (including phenoxy) is 1. The highest BCUT2D eigenvalue weighted by atomic mass is 32.1. The van der Waals surface area contributed by atoms with Gasteiger partial charge in [-0.05, 0) is 49.6 Å². The summed E-state index contributed by atoms with van der Waals surface area (Å²) in [6, 6.07) is 9.36. The molecule has 3 rings (SSSR count). The molecule has 8 heteroatoms. The van der Waals surface area contributed by atoms with Crippen LogP contribution in [0.3, 0.4) is 0 Å². The van der Waals surface area contributed by atoms with Gasteiger partial charge in [-0.2, -0.15) is 4.98 Å². The molecular formula is C18H18FN3O3S. The van der Waals surface area contributed by atoms with Crippen molar-refractivity contribution in [2.24, 2.45) is 0 Å². The second-order valence-corrected chi connectivity index (χ2v) is 6.50. The summed E-state index contributed by atoms with van der Waals surface area (Å²) in [5.41, 5.74) is 0. The first-order valence-electron chi connectivity index (χ1n) is 8.14. The first kappa shape index (κ1) is 18.1. The van der Waals surface area contributed by atoms with E-state index >= 15 is 0 Å². The van der Waals surface area contributed by atoms with Crippen molar-refractivity contribution in [3.8, 4) is 16.5 Å². The molecule has 0 bridgehead atoms. The number of benzene rings is 1. The molecule has 0 fully saturated rings. The highest BCUT2D eigenvalue weighted by Gasteiger charge is 2.23. The van der Waals surface area contributed by atoms with Crippen molar-refractivity contribution in [1.29, 1.82) is 0 Å². The fourth-order valence-electron chi connectivity index (χ4n) is 2.36. The molecule has 0 saturated carbocycles. The predicted molar refractivity (Wildman–Crippen MR) is 95.2 cm³/mol. The molecule has 0 unspecified atom stereocenters. The number of likely N-dealkylation sites (N-methyl/N-ethyl adjacent to an activating group) is 1. The molecule has 0 N–H and O–H groups in total. The molecule has 0 aliphatic heterocycles. The minimum absolute atomic E-state index is 0.199. The molecule has 0 radical (unpaired) electrons. The van der Waals surface area contributed by atoms with Gasteiger partial charge in [0.05, 0.1) is 4.88 Å². The van der Waals surface area contributed by atoms with Gasteiger partial charge in [-0.3, -0.25) is 4.79 Å². The number of carbonyl (C=O) groups excluding carboxylic acids is 1. The third-order valence-electron chi connectivity index (χ3n) is 3.70. The summed E-state index contributed by atoms with van der Waals surface area (Å²) in [5.74, 6) is 0.727. The van der Waals surface area contributed by atoms with Crippen LogP contribution in [0.2, 0.25) is 0 Å². The molecule has 26 heavy (non-hydrogen) atoms. The number of amides is 1. The Morgan fingerprint density at radius 1 is 1.35 bits per heavy atom. The highest BCUT2D eigenvalue weighted by molar-refractivity contribution is 7.13. The number of aromatic nitrogens is 2. The molecule has 0 spiro atoms. The number of hydrogen-bond acceptors (Lipinski definition) is 6. The SMILES string of the molecule is CCN(Cc1nc(-c2cccs2)no1)C(=O)[C@H](C)Oc1ccc(F)cc1. The van der Waals surface area contributed by atoms with Gasteiger partial charge in [0.2, 0.25) is 11.7 Å². The number of hydrogen-bond donors (Lipinski definition) is 0. The van der Waals surface area contributed by atoms with Crippen LogP contribution in [0.25, 0.3) is 10.7 Å². The summed E-state index contributed by atoms with van der Waals surface area (Å²) >= 11 is 1.52. The number of thiophene rings is 1. The zero-order valence-corrected chi connectivity index (χ0v) is 15.2. The highest BCUT2D eigenvalue weighted by Crippen LogP contribution is 2.22. The maximum absolute atomic E-state index is 13.0. The minimum Gasteiger partial charge on any atom is -0.481 e. The van der Waals surface area contributed by atoms with Crippen LogP contribution in [0.15, 0.2) is 46.3 Å². The molecule has 6 nitrogen and oxygen atoms in total.